The summed E-state index contributed by atoms with van der Waals surface area (Å²) in [7, 11) is 2.32. The van der Waals surface area contributed by atoms with Crippen LogP contribution in [0.1, 0.15) is 43.2 Å². The number of fused-ring (bicyclic) bond motifs is 1. The van der Waals surface area contributed by atoms with E-state index in [0.29, 0.717) is 5.41 Å². The lowest BCUT2D eigenvalue weighted by atomic mass is 9.52. The molecule has 1 saturated carbocycles. The summed E-state index contributed by atoms with van der Waals surface area (Å²) in [6.07, 6.45) is 8.06. The molecule has 2 bridgehead atoms. The second-order valence-corrected chi connectivity index (χ2v) is 7.24. The van der Waals surface area contributed by atoms with Crippen molar-refractivity contribution < 1.29 is 0 Å². The van der Waals surface area contributed by atoms with Gasteiger partial charge in [-0.3, -0.25) is 0 Å². The topological polar surface area (TPSA) is 15.6 Å². The summed E-state index contributed by atoms with van der Waals surface area (Å²) in [5, 5.41) is 2.52. The van der Waals surface area contributed by atoms with Gasteiger partial charge in [-0.15, -0.1) is 0 Å². The molecular weight excluding hydrogens is 276 g/mol. The van der Waals surface area contributed by atoms with E-state index >= 15 is 0 Å². The molecule has 0 N–H and O–H groups in total. The van der Waals surface area contributed by atoms with Gasteiger partial charge in [0.25, 0.3) is 0 Å². The van der Waals surface area contributed by atoms with Gasteiger partial charge >= 0.3 is 0 Å². The van der Waals surface area contributed by atoms with Crippen LogP contribution in [0.4, 0.5) is 5.69 Å². The predicted molar refractivity (Wildman–Crippen MR) is 89.5 cm³/mol. The predicted octanol–water partition coefficient (Wildman–Crippen LogP) is 4.11. The van der Waals surface area contributed by atoms with E-state index < -0.39 is 0 Å². The summed E-state index contributed by atoms with van der Waals surface area (Å²) in [4.78, 5) is 6.84. The van der Waals surface area contributed by atoms with Crippen molar-refractivity contribution in [2.45, 2.75) is 50.0 Å². The Kier molecular flexibility index (Phi) is 3.25. The summed E-state index contributed by atoms with van der Waals surface area (Å²) in [6, 6.07) is 7.45. The molecule has 0 spiro atoms. The van der Waals surface area contributed by atoms with Crippen molar-refractivity contribution in [2.24, 2.45) is 10.9 Å². The molecule has 3 heteroatoms. The van der Waals surface area contributed by atoms with E-state index in [2.05, 4.69) is 40.3 Å². The summed E-state index contributed by atoms with van der Waals surface area (Å²) in [5.41, 5.74) is 4.53. The molecule has 110 valence electrons. The van der Waals surface area contributed by atoms with Gasteiger partial charge in [-0.05, 0) is 80.7 Å². The van der Waals surface area contributed by atoms with E-state index in [4.69, 9.17) is 12.2 Å². The van der Waals surface area contributed by atoms with E-state index in [0.717, 1.165) is 17.6 Å². The molecule has 21 heavy (non-hydrogen) atoms. The molecule has 2 fully saturated rings. The third kappa shape index (κ3) is 1.95. The fraction of sp³-hybridized carbons (Fsp3) is 0.611. The minimum Gasteiger partial charge on any atom is -0.303 e. The summed E-state index contributed by atoms with van der Waals surface area (Å²) < 4.78 is 0. The van der Waals surface area contributed by atoms with Crippen molar-refractivity contribution >= 4 is 23.1 Å². The quantitative estimate of drug-likeness (QED) is 0.573. The fourth-order valence-electron chi connectivity index (χ4n) is 5.31. The number of thiocarbonyl (C=S) groups is 1. The number of likely N-dealkylation sites (tertiary alicyclic amines) is 1. The van der Waals surface area contributed by atoms with Crippen LogP contribution in [0.2, 0.25) is 0 Å². The van der Waals surface area contributed by atoms with E-state index in [1.165, 1.54) is 45.1 Å². The number of rotatable bonds is 1. The van der Waals surface area contributed by atoms with Crippen molar-refractivity contribution in [1.29, 1.82) is 0 Å². The molecule has 1 aliphatic heterocycles. The number of hydrogen-bond donors (Lipinski definition) is 0. The first kappa shape index (κ1) is 13.6. The maximum atomic E-state index is 4.78. The molecule has 1 unspecified atom stereocenters. The molecule has 2 nitrogen and oxygen atoms in total. The Morgan fingerprint density at radius 3 is 3.10 bits per heavy atom. The number of piperidine rings is 1. The Balaban J connectivity index is 1.89. The van der Waals surface area contributed by atoms with Gasteiger partial charge in [-0.1, -0.05) is 18.9 Å². The maximum Gasteiger partial charge on any atom is 0.0742 e. The highest BCUT2D eigenvalue weighted by Crippen LogP contribution is 2.55. The molecule has 0 aromatic heterocycles. The number of nitrogens with zero attached hydrogens (tertiary/aromatic N) is 2. The number of benzene rings is 1. The smallest absolute Gasteiger partial charge is 0.0742 e. The van der Waals surface area contributed by atoms with Crippen LogP contribution in [0.15, 0.2) is 23.2 Å². The Labute approximate surface area is 132 Å². The first-order chi connectivity index (χ1) is 10.2. The maximum absolute atomic E-state index is 4.78. The average molecular weight is 298 g/mol. The second kappa shape index (κ2) is 5.01. The minimum atomic E-state index is 0.413. The Morgan fingerprint density at radius 2 is 2.24 bits per heavy atom. The van der Waals surface area contributed by atoms with Crippen LogP contribution >= 0.6 is 12.2 Å². The van der Waals surface area contributed by atoms with Crippen LogP contribution in [-0.2, 0) is 11.8 Å². The lowest BCUT2D eigenvalue weighted by Crippen LogP contribution is -2.59. The van der Waals surface area contributed by atoms with Gasteiger partial charge in [0.2, 0.25) is 0 Å². The van der Waals surface area contributed by atoms with Crippen molar-refractivity contribution in [3.8, 4) is 0 Å². The number of likely N-dealkylation sites (N-methyl/N-ethyl adjacent to an activating group) is 1. The molecule has 0 radical (unpaired) electrons. The Morgan fingerprint density at radius 1 is 1.33 bits per heavy atom. The van der Waals surface area contributed by atoms with Crippen LogP contribution in [-0.4, -0.2) is 29.7 Å². The van der Waals surface area contributed by atoms with E-state index in [1.54, 1.807) is 11.1 Å². The lowest BCUT2D eigenvalue weighted by molar-refractivity contribution is 0.00290. The van der Waals surface area contributed by atoms with Crippen LogP contribution in [0.5, 0.6) is 0 Å². The van der Waals surface area contributed by atoms with Gasteiger partial charge in [0.15, 0.2) is 0 Å². The number of isothiocyanates is 1. The summed E-state index contributed by atoms with van der Waals surface area (Å²) in [5.74, 6) is 0.837. The molecule has 1 heterocycles. The molecule has 0 amide bonds. The van der Waals surface area contributed by atoms with Gasteiger partial charge in [0.1, 0.15) is 0 Å². The van der Waals surface area contributed by atoms with Gasteiger partial charge < -0.3 is 4.90 Å². The van der Waals surface area contributed by atoms with Crippen molar-refractivity contribution in [1.82, 2.24) is 4.90 Å². The lowest BCUT2D eigenvalue weighted by Gasteiger charge is -2.58. The molecule has 4 rings (SSSR count). The molecule has 1 saturated heterocycles. The minimum absolute atomic E-state index is 0.413. The van der Waals surface area contributed by atoms with E-state index in [-0.39, 0.29) is 0 Å². The first-order valence-corrected chi connectivity index (χ1v) is 8.57. The normalized spacial score (nSPS) is 34.5. The fourth-order valence-corrected chi connectivity index (χ4v) is 5.41. The molecular formula is C18H22N2S. The van der Waals surface area contributed by atoms with E-state index in [1.807, 2.05) is 0 Å². The molecule has 3 aliphatic rings. The monoisotopic (exact) mass is 298 g/mol. The molecule has 3 atom stereocenters. The van der Waals surface area contributed by atoms with Crippen molar-refractivity contribution in [3.05, 3.63) is 29.3 Å². The zero-order valence-corrected chi connectivity index (χ0v) is 13.5. The first-order valence-electron chi connectivity index (χ1n) is 8.16. The molecule has 2 aliphatic carbocycles. The van der Waals surface area contributed by atoms with Gasteiger partial charge in [-0.25, -0.2) is 0 Å². The zero-order chi connectivity index (χ0) is 14.4. The summed E-state index contributed by atoms with van der Waals surface area (Å²) in [6.45, 7) is 1.24. The molecule has 1 aromatic carbocycles. The van der Waals surface area contributed by atoms with Crippen LogP contribution in [0.25, 0.3) is 0 Å². The second-order valence-electron chi connectivity index (χ2n) is 7.06. The van der Waals surface area contributed by atoms with Crippen LogP contribution in [0, 0.1) is 5.92 Å². The zero-order valence-electron chi connectivity index (χ0n) is 12.6. The average Bonchev–Trinajstić information content (AvgIpc) is 2.52. The largest absolute Gasteiger partial charge is 0.303 e. The SMILES string of the molecule is CN1CC[C@@]23CCCCC2[C@H]1Cc1ccc(N=C=S)cc13. The standard InChI is InChI=1S/C18H22N2S/c1-20-9-8-18-7-3-2-4-15(18)17(20)10-13-5-6-14(19-12-21)11-16(13)18/h5-6,11,15,17H,2-4,7-10H2,1H3/t15?,17-,18+/m1/s1. The number of aliphatic imine (C=N–C) groups is 1. The van der Waals surface area contributed by atoms with Gasteiger partial charge in [-0.2, -0.15) is 4.99 Å². The number of hydrogen-bond acceptors (Lipinski definition) is 3. The highest BCUT2D eigenvalue weighted by molar-refractivity contribution is 7.78. The van der Waals surface area contributed by atoms with Gasteiger partial charge in [0, 0.05) is 11.5 Å². The van der Waals surface area contributed by atoms with Crippen LogP contribution in [0.3, 0.4) is 0 Å². The van der Waals surface area contributed by atoms with Crippen molar-refractivity contribution in [2.75, 3.05) is 13.6 Å². The molecule has 1 aromatic rings. The summed E-state index contributed by atoms with van der Waals surface area (Å²) >= 11 is 4.78. The third-order valence-corrected chi connectivity index (χ3v) is 6.36. The third-order valence-electron chi connectivity index (χ3n) is 6.27. The highest BCUT2D eigenvalue weighted by atomic mass is 32.1. The highest BCUT2D eigenvalue weighted by Gasteiger charge is 2.52. The van der Waals surface area contributed by atoms with E-state index in [9.17, 15) is 0 Å². The Bertz CT molecular complexity index is 620. The van der Waals surface area contributed by atoms with Gasteiger partial charge in [0.05, 0.1) is 10.8 Å². The van der Waals surface area contributed by atoms with Crippen LogP contribution < -0.4 is 0 Å². The van der Waals surface area contributed by atoms with Crippen molar-refractivity contribution in [3.63, 3.8) is 0 Å². The Hall–Kier alpha value is -1.02.